The van der Waals surface area contributed by atoms with Gasteiger partial charge in [-0.25, -0.2) is 12.8 Å². The molecule has 108 valence electrons. The molecule has 0 radical (unpaired) electrons. The van der Waals surface area contributed by atoms with Gasteiger partial charge in [-0.1, -0.05) is 0 Å². The van der Waals surface area contributed by atoms with E-state index in [1.165, 1.54) is 22.6 Å². The highest BCUT2D eigenvalue weighted by atomic mass is 32.2. The fourth-order valence-electron chi connectivity index (χ4n) is 1.68. The van der Waals surface area contributed by atoms with Gasteiger partial charge in [0, 0.05) is 17.1 Å². The Kier molecular flexibility index (Phi) is 4.29. The molecule has 1 aromatic carbocycles. The van der Waals surface area contributed by atoms with Gasteiger partial charge in [0.25, 0.3) is 0 Å². The number of halogens is 1. The molecule has 0 fully saturated rings. The summed E-state index contributed by atoms with van der Waals surface area (Å²) in [5.41, 5.74) is 1.80. The van der Waals surface area contributed by atoms with Gasteiger partial charge in [-0.05, 0) is 42.1 Å². The van der Waals surface area contributed by atoms with Crippen molar-refractivity contribution in [3.05, 3.63) is 45.9 Å². The summed E-state index contributed by atoms with van der Waals surface area (Å²) in [7, 11) is -3.50. The predicted molar refractivity (Wildman–Crippen MR) is 81.2 cm³/mol. The molecule has 1 heterocycles. The van der Waals surface area contributed by atoms with Crippen LogP contribution in [0.25, 0.3) is 0 Å². The second-order valence-corrected chi connectivity index (χ2v) is 7.20. The summed E-state index contributed by atoms with van der Waals surface area (Å²) in [6, 6.07) is 6.28. The number of hydrogen-bond donors (Lipinski definition) is 2. The monoisotopic (exact) mass is 314 g/mol. The average molecular weight is 314 g/mol. The zero-order chi connectivity index (χ0) is 14.8. The summed E-state index contributed by atoms with van der Waals surface area (Å²) < 4.78 is 38.0. The van der Waals surface area contributed by atoms with Gasteiger partial charge < -0.3 is 5.32 Å². The molecule has 20 heavy (non-hydrogen) atoms. The van der Waals surface area contributed by atoms with E-state index < -0.39 is 15.8 Å². The van der Waals surface area contributed by atoms with Crippen molar-refractivity contribution in [2.75, 3.05) is 16.3 Å². The van der Waals surface area contributed by atoms with Crippen molar-refractivity contribution >= 4 is 32.7 Å². The topological polar surface area (TPSA) is 58.2 Å². The molecule has 0 saturated carbocycles. The maximum Gasteiger partial charge on any atom is 0.229 e. The first-order valence-corrected chi connectivity index (χ1v) is 8.66. The van der Waals surface area contributed by atoms with Crippen molar-refractivity contribution in [2.45, 2.75) is 13.5 Å². The Balaban J connectivity index is 2.13. The highest BCUT2D eigenvalue weighted by molar-refractivity contribution is 7.92. The molecule has 0 spiro atoms. The normalized spacial score (nSPS) is 11.3. The first kappa shape index (κ1) is 14.8. The van der Waals surface area contributed by atoms with Crippen LogP contribution in [-0.4, -0.2) is 14.7 Å². The summed E-state index contributed by atoms with van der Waals surface area (Å²) in [5.74, 6) is -0.603. The van der Waals surface area contributed by atoms with Crippen molar-refractivity contribution in [3.8, 4) is 0 Å². The third-order valence-electron chi connectivity index (χ3n) is 2.68. The van der Waals surface area contributed by atoms with Crippen LogP contribution < -0.4 is 10.0 Å². The van der Waals surface area contributed by atoms with E-state index >= 15 is 0 Å². The minimum Gasteiger partial charge on any atom is -0.380 e. The fraction of sp³-hybridized carbons (Fsp3) is 0.231. The van der Waals surface area contributed by atoms with E-state index in [0.29, 0.717) is 12.2 Å². The van der Waals surface area contributed by atoms with Gasteiger partial charge in [-0.15, -0.1) is 11.3 Å². The lowest BCUT2D eigenvalue weighted by molar-refractivity contribution is 0.604. The van der Waals surface area contributed by atoms with Gasteiger partial charge >= 0.3 is 0 Å². The van der Waals surface area contributed by atoms with Gasteiger partial charge in [-0.3, -0.25) is 4.72 Å². The van der Waals surface area contributed by atoms with Gasteiger partial charge in [0.15, 0.2) is 0 Å². The number of thiophene rings is 1. The van der Waals surface area contributed by atoms with Crippen molar-refractivity contribution in [3.63, 3.8) is 0 Å². The molecule has 0 unspecified atom stereocenters. The molecular weight excluding hydrogens is 299 g/mol. The molecule has 0 amide bonds. The molecule has 0 aliphatic carbocycles. The summed E-state index contributed by atoms with van der Waals surface area (Å²) in [4.78, 5) is 1.19. The van der Waals surface area contributed by atoms with E-state index in [9.17, 15) is 12.8 Å². The van der Waals surface area contributed by atoms with Crippen LogP contribution in [0.2, 0.25) is 0 Å². The van der Waals surface area contributed by atoms with Crippen molar-refractivity contribution in [2.24, 2.45) is 0 Å². The molecule has 0 saturated heterocycles. The zero-order valence-corrected chi connectivity index (χ0v) is 12.7. The van der Waals surface area contributed by atoms with Crippen LogP contribution >= 0.6 is 11.3 Å². The van der Waals surface area contributed by atoms with Crippen LogP contribution in [0.3, 0.4) is 0 Å². The average Bonchev–Trinajstić information content (AvgIpc) is 2.74. The molecule has 2 rings (SSSR count). The molecule has 0 aliphatic heterocycles. The fourth-order valence-corrected chi connectivity index (χ4v) is 3.08. The Morgan fingerprint density at radius 2 is 2.05 bits per heavy atom. The largest absolute Gasteiger partial charge is 0.380 e. The lowest BCUT2D eigenvalue weighted by Crippen LogP contribution is -2.11. The van der Waals surface area contributed by atoms with E-state index in [1.54, 1.807) is 17.4 Å². The summed E-state index contributed by atoms with van der Waals surface area (Å²) >= 11 is 1.64. The summed E-state index contributed by atoms with van der Waals surface area (Å²) in [5, 5.41) is 5.16. The van der Waals surface area contributed by atoms with Crippen LogP contribution in [0.1, 0.15) is 10.4 Å². The third kappa shape index (κ3) is 3.94. The zero-order valence-electron chi connectivity index (χ0n) is 11.1. The molecule has 1 aromatic heterocycles. The number of anilines is 2. The first-order valence-electron chi connectivity index (χ1n) is 5.89. The van der Waals surface area contributed by atoms with Crippen molar-refractivity contribution < 1.29 is 12.8 Å². The molecule has 0 aliphatic rings. The number of hydrogen-bond acceptors (Lipinski definition) is 4. The lowest BCUT2D eigenvalue weighted by Gasteiger charge is -2.10. The quantitative estimate of drug-likeness (QED) is 0.891. The molecular formula is C13H15FN2O2S2. The summed E-state index contributed by atoms with van der Waals surface area (Å²) in [6.45, 7) is 2.64. The van der Waals surface area contributed by atoms with E-state index in [0.717, 1.165) is 6.26 Å². The number of benzene rings is 1. The Morgan fingerprint density at radius 3 is 2.65 bits per heavy atom. The molecule has 0 atom stereocenters. The highest BCUT2D eigenvalue weighted by Gasteiger charge is 2.09. The third-order valence-corrected chi connectivity index (χ3v) is 4.30. The first-order chi connectivity index (χ1) is 9.35. The molecule has 7 heteroatoms. The Bertz CT molecular complexity index is 711. The smallest absolute Gasteiger partial charge is 0.229 e. The molecule has 4 nitrogen and oxygen atoms in total. The number of nitrogens with one attached hydrogen (secondary N) is 2. The van der Waals surface area contributed by atoms with Crippen LogP contribution in [0.15, 0.2) is 29.6 Å². The van der Waals surface area contributed by atoms with Gasteiger partial charge in [0.2, 0.25) is 10.0 Å². The maximum absolute atomic E-state index is 13.5. The minimum atomic E-state index is -3.50. The standard InChI is InChI=1S/C13H15FN2O2S2/c1-9-5-6-19-13(9)8-15-10-3-4-11(14)12(7-10)16-20(2,17)18/h3-7,15-16H,8H2,1-2H3. The molecule has 2 N–H and O–H groups in total. The Morgan fingerprint density at radius 1 is 1.30 bits per heavy atom. The maximum atomic E-state index is 13.5. The number of rotatable bonds is 5. The van der Waals surface area contributed by atoms with Crippen LogP contribution in [-0.2, 0) is 16.6 Å². The second-order valence-electron chi connectivity index (χ2n) is 4.45. The molecule has 2 aromatic rings. The van der Waals surface area contributed by atoms with Crippen LogP contribution in [0, 0.1) is 12.7 Å². The second kappa shape index (κ2) is 5.80. The lowest BCUT2D eigenvalue weighted by atomic mass is 10.2. The van der Waals surface area contributed by atoms with Crippen molar-refractivity contribution in [1.82, 2.24) is 0 Å². The SMILES string of the molecule is Cc1ccsc1CNc1ccc(F)c(NS(C)(=O)=O)c1. The Hall–Kier alpha value is -1.60. The molecule has 0 bridgehead atoms. The minimum absolute atomic E-state index is 0.0552. The van der Waals surface area contributed by atoms with E-state index in [2.05, 4.69) is 10.0 Å². The highest BCUT2D eigenvalue weighted by Crippen LogP contribution is 2.22. The van der Waals surface area contributed by atoms with Gasteiger partial charge in [0.1, 0.15) is 5.82 Å². The number of aryl methyl sites for hydroxylation is 1. The summed E-state index contributed by atoms with van der Waals surface area (Å²) in [6.07, 6.45) is 0.988. The Labute approximate surface area is 121 Å². The van der Waals surface area contributed by atoms with E-state index in [-0.39, 0.29) is 5.69 Å². The van der Waals surface area contributed by atoms with Gasteiger partial charge in [0.05, 0.1) is 11.9 Å². The van der Waals surface area contributed by atoms with Crippen LogP contribution in [0.5, 0.6) is 0 Å². The number of sulfonamides is 1. The van der Waals surface area contributed by atoms with Crippen LogP contribution in [0.4, 0.5) is 15.8 Å². The predicted octanol–water partition coefficient (Wildman–Crippen LogP) is 3.18. The van der Waals surface area contributed by atoms with E-state index in [4.69, 9.17) is 0 Å². The van der Waals surface area contributed by atoms with E-state index in [1.807, 2.05) is 18.4 Å². The van der Waals surface area contributed by atoms with Gasteiger partial charge in [-0.2, -0.15) is 0 Å². The van der Waals surface area contributed by atoms with Crippen molar-refractivity contribution in [1.29, 1.82) is 0 Å².